The maximum Gasteiger partial charge on any atom is -0.0238 e. The monoisotopic (exact) mass is 464 g/mol. The zero-order valence-corrected chi connectivity index (χ0v) is 17.2. The first-order valence-corrected chi connectivity index (χ1v) is 5.03. The van der Waals surface area contributed by atoms with E-state index in [1.807, 2.05) is 0 Å². The summed E-state index contributed by atoms with van der Waals surface area (Å²) in [5.74, 6) is 0. The third-order valence-corrected chi connectivity index (χ3v) is 2.39. The van der Waals surface area contributed by atoms with Crippen molar-refractivity contribution in [3.05, 3.63) is 71.8 Å². The second-order valence-corrected chi connectivity index (χ2v) is 3.47. The summed E-state index contributed by atoms with van der Waals surface area (Å²) in [6.45, 7) is 0. The first kappa shape index (κ1) is 19.5. The minimum absolute atomic E-state index is 0. The van der Waals surface area contributed by atoms with Gasteiger partial charge in [0.1, 0.15) is 0 Å². The third kappa shape index (κ3) is 7.27. The molecule has 17 heavy (non-hydrogen) atoms. The van der Waals surface area contributed by atoms with E-state index in [2.05, 4.69) is 60.7 Å². The molecule has 0 aliphatic heterocycles. The Morgan fingerprint density at radius 3 is 1.12 bits per heavy atom. The van der Waals surface area contributed by atoms with E-state index in [4.69, 9.17) is 0 Å². The van der Waals surface area contributed by atoms with Crippen LogP contribution in [0.3, 0.4) is 0 Å². The SMILES string of the molecule is Br.Br.[SnH2].c1ccc(CCc2ccccc2)cc1. The Balaban J connectivity index is 0. The Hall–Kier alpha value is 0.199. The van der Waals surface area contributed by atoms with Gasteiger partial charge in [-0.2, -0.15) is 0 Å². The number of halogens is 2. The standard InChI is InChI=1S/C14H14.2BrH.Sn.2H/c1-3-7-13(8-4-1)11-12-14-9-5-2-6-10-14;;;;;/h1-10H,11-12H2;2*1H;;;. The number of hydrogen-bond donors (Lipinski definition) is 0. The molecular formula is C14H18Br2Sn. The van der Waals surface area contributed by atoms with Crippen molar-refractivity contribution in [1.82, 2.24) is 0 Å². The fraction of sp³-hybridized carbons (Fsp3) is 0.143. The van der Waals surface area contributed by atoms with E-state index in [9.17, 15) is 0 Å². The topological polar surface area (TPSA) is 0 Å². The van der Waals surface area contributed by atoms with Crippen LogP contribution in [0, 0.1) is 0 Å². The Morgan fingerprint density at radius 2 is 0.824 bits per heavy atom. The first-order valence-electron chi connectivity index (χ1n) is 5.03. The summed E-state index contributed by atoms with van der Waals surface area (Å²) in [5.41, 5.74) is 2.83. The zero-order chi connectivity index (χ0) is 9.64. The van der Waals surface area contributed by atoms with Crippen LogP contribution in [0.2, 0.25) is 0 Å². The first-order chi connectivity index (χ1) is 6.95. The van der Waals surface area contributed by atoms with Gasteiger partial charge in [0.15, 0.2) is 0 Å². The minimum Gasteiger partial charge on any atom is -0.0622 e. The normalized spacial score (nSPS) is 8.24. The third-order valence-electron chi connectivity index (χ3n) is 2.39. The van der Waals surface area contributed by atoms with E-state index in [0.29, 0.717) is 0 Å². The second-order valence-electron chi connectivity index (χ2n) is 3.47. The van der Waals surface area contributed by atoms with Gasteiger partial charge in [0, 0.05) is 0 Å². The van der Waals surface area contributed by atoms with Crippen molar-refractivity contribution in [2.75, 3.05) is 0 Å². The van der Waals surface area contributed by atoms with Crippen molar-refractivity contribution in [2.45, 2.75) is 12.8 Å². The number of rotatable bonds is 3. The van der Waals surface area contributed by atoms with Crippen molar-refractivity contribution in [3.8, 4) is 0 Å². The van der Waals surface area contributed by atoms with E-state index in [1.165, 1.54) is 11.1 Å². The summed E-state index contributed by atoms with van der Waals surface area (Å²) >= 11 is 0. The molecule has 0 aromatic heterocycles. The van der Waals surface area contributed by atoms with Crippen molar-refractivity contribution in [3.63, 3.8) is 0 Å². The Bertz CT molecular complexity index is 336. The summed E-state index contributed by atoms with van der Waals surface area (Å²) in [6, 6.07) is 21.2. The van der Waals surface area contributed by atoms with Gasteiger partial charge in [-0.25, -0.2) is 0 Å². The van der Waals surface area contributed by atoms with Gasteiger partial charge in [-0.15, -0.1) is 34.0 Å². The van der Waals surface area contributed by atoms with E-state index < -0.39 is 0 Å². The molecule has 0 aliphatic rings. The Kier molecular flexibility index (Phi) is 13.0. The smallest absolute Gasteiger partial charge is 0.0238 e. The Morgan fingerprint density at radius 1 is 0.529 bits per heavy atom. The largest absolute Gasteiger partial charge is 0.0622 e. The molecule has 0 saturated heterocycles. The van der Waals surface area contributed by atoms with E-state index >= 15 is 0 Å². The fourth-order valence-corrected chi connectivity index (χ4v) is 1.58. The number of aryl methyl sites for hydroxylation is 2. The molecule has 2 aromatic carbocycles. The number of hydrogen-bond acceptors (Lipinski definition) is 0. The van der Waals surface area contributed by atoms with Crippen LogP contribution in [-0.4, -0.2) is 23.9 Å². The second kappa shape index (κ2) is 11.3. The van der Waals surface area contributed by atoms with Gasteiger partial charge in [-0.3, -0.25) is 0 Å². The van der Waals surface area contributed by atoms with Gasteiger partial charge in [-0.05, 0) is 24.0 Å². The zero-order valence-electron chi connectivity index (χ0n) is 9.71. The van der Waals surface area contributed by atoms with Gasteiger partial charge in [-0.1, -0.05) is 60.7 Å². The van der Waals surface area contributed by atoms with Crippen LogP contribution < -0.4 is 0 Å². The molecule has 0 unspecified atom stereocenters. The van der Waals surface area contributed by atoms with Gasteiger partial charge in [0.2, 0.25) is 0 Å². The molecule has 0 saturated carbocycles. The molecule has 0 fully saturated rings. The minimum atomic E-state index is 0. The molecule has 92 valence electrons. The van der Waals surface area contributed by atoms with Crippen LogP contribution in [0.4, 0.5) is 0 Å². The molecular weight excluding hydrogens is 447 g/mol. The van der Waals surface area contributed by atoms with Gasteiger partial charge in [0.05, 0.1) is 0 Å². The molecule has 2 aromatic rings. The van der Waals surface area contributed by atoms with Gasteiger partial charge in [0.25, 0.3) is 0 Å². The molecule has 2 rings (SSSR count). The maximum absolute atomic E-state index is 2.18. The molecule has 0 N–H and O–H groups in total. The average molecular weight is 465 g/mol. The fourth-order valence-electron chi connectivity index (χ4n) is 1.58. The van der Waals surface area contributed by atoms with Crippen LogP contribution in [0.5, 0.6) is 0 Å². The molecule has 0 aliphatic carbocycles. The molecule has 2 radical (unpaired) electrons. The maximum atomic E-state index is 2.18. The van der Waals surface area contributed by atoms with Gasteiger partial charge < -0.3 is 0 Å². The molecule has 0 bridgehead atoms. The van der Waals surface area contributed by atoms with Crippen LogP contribution >= 0.6 is 34.0 Å². The molecule has 0 atom stereocenters. The van der Waals surface area contributed by atoms with Gasteiger partial charge >= 0.3 is 23.9 Å². The summed E-state index contributed by atoms with van der Waals surface area (Å²) < 4.78 is 0. The average Bonchev–Trinajstić information content (AvgIpc) is 2.29. The predicted molar refractivity (Wildman–Crippen MR) is 89.5 cm³/mol. The molecule has 0 heterocycles. The predicted octanol–water partition coefficient (Wildman–Crippen LogP) is 3.71. The number of benzene rings is 2. The van der Waals surface area contributed by atoms with Crippen LogP contribution in [0.25, 0.3) is 0 Å². The molecule has 3 heteroatoms. The molecule has 0 nitrogen and oxygen atoms in total. The van der Waals surface area contributed by atoms with E-state index in [1.54, 1.807) is 0 Å². The molecule has 0 spiro atoms. The quantitative estimate of drug-likeness (QED) is 0.608. The molecule has 0 amide bonds. The Labute approximate surface area is 141 Å². The summed E-state index contributed by atoms with van der Waals surface area (Å²) in [5, 5.41) is 0. The van der Waals surface area contributed by atoms with E-state index in [-0.39, 0.29) is 57.9 Å². The van der Waals surface area contributed by atoms with Crippen molar-refractivity contribution in [2.24, 2.45) is 0 Å². The van der Waals surface area contributed by atoms with Crippen LogP contribution in [0.15, 0.2) is 60.7 Å². The van der Waals surface area contributed by atoms with Crippen molar-refractivity contribution >= 4 is 57.9 Å². The van der Waals surface area contributed by atoms with Crippen LogP contribution in [-0.2, 0) is 12.8 Å². The summed E-state index contributed by atoms with van der Waals surface area (Å²) in [7, 11) is 0. The van der Waals surface area contributed by atoms with Crippen LogP contribution in [0.1, 0.15) is 11.1 Å². The summed E-state index contributed by atoms with van der Waals surface area (Å²) in [4.78, 5) is 0. The van der Waals surface area contributed by atoms with E-state index in [0.717, 1.165) is 12.8 Å². The van der Waals surface area contributed by atoms with Crippen molar-refractivity contribution < 1.29 is 0 Å². The summed E-state index contributed by atoms with van der Waals surface area (Å²) in [6.07, 6.45) is 2.26. The van der Waals surface area contributed by atoms with Crippen molar-refractivity contribution in [1.29, 1.82) is 0 Å².